The summed E-state index contributed by atoms with van der Waals surface area (Å²) in [6, 6.07) is 6.80. The number of hydrogen-bond acceptors (Lipinski definition) is 4. The van der Waals surface area contributed by atoms with Gasteiger partial charge in [0.2, 0.25) is 5.43 Å². The van der Waals surface area contributed by atoms with E-state index in [0.29, 0.717) is 10.8 Å². The fourth-order valence-corrected chi connectivity index (χ4v) is 2.27. The maximum atomic E-state index is 12.0. The van der Waals surface area contributed by atoms with Gasteiger partial charge in [0, 0.05) is 17.0 Å². The number of aromatic hydroxyl groups is 2. The van der Waals surface area contributed by atoms with Gasteiger partial charge >= 0.3 is 0 Å². The highest BCUT2D eigenvalue weighted by Gasteiger charge is 2.16. The van der Waals surface area contributed by atoms with Crippen LogP contribution in [0.3, 0.4) is 0 Å². The molecule has 0 fully saturated rings. The summed E-state index contributed by atoms with van der Waals surface area (Å²) >= 11 is 4.01. The van der Waals surface area contributed by atoms with Crippen LogP contribution in [0.2, 0.25) is 0 Å². The fraction of sp³-hybridized carbons (Fsp3) is 0. The van der Waals surface area contributed by atoms with Crippen LogP contribution in [0.1, 0.15) is 0 Å². The van der Waals surface area contributed by atoms with Gasteiger partial charge in [-0.05, 0) is 0 Å². The summed E-state index contributed by atoms with van der Waals surface area (Å²) in [5.41, 5.74) is -0.195. The summed E-state index contributed by atoms with van der Waals surface area (Å²) in [6.45, 7) is 0. The van der Waals surface area contributed by atoms with Crippen LogP contribution >= 0.6 is 12.6 Å². The Bertz CT molecular complexity index is 839. The van der Waals surface area contributed by atoms with Crippen LogP contribution in [-0.2, 0) is 0 Å². The van der Waals surface area contributed by atoms with Gasteiger partial charge in [0.1, 0.15) is 11.5 Å². The lowest BCUT2D eigenvalue weighted by Crippen LogP contribution is -2.04. The van der Waals surface area contributed by atoms with Crippen molar-refractivity contribution in [3.8, 4) is 11.5 Å². The van der Waals surface area contributed by atoms with Gasteiger partial charge in [-0.15, -0.1) is 12.6 Å². The Hall–Kier alpha value is -2.14. The van der Waals surface area contributed by atoms with Crippen LogP contribution in [0, 0.1) is 0 Å². The maximum absolute atomic E-state index is 12.0. The zero-order chi connectivity index (χ0) is 12.9. The number of nitrogens with one attached hydrogen (secondary N) is 1. The van der Waals surface area contributed by atoms with Crippen LogP contribution in [0.25, 0.3) is 21.7 Å². The van der Waals surface area contributed by atoms with Gasteiger partial charge in [-0.1, -0.05) is 24.3 Å². The molecule has 4 nitrogen and oxygen atoms in total. The molecular formula is C13H9NO3S. The van der Waals surface area contributed by atoms with E-state index in [1.165, 1.54) is 6.20 Å². The number of rotatable bonds is 0. The van der Waals surface area contributed by atoms with E-state index in [9.17, 15) is 15.0 Å². The normalized spacial score (nSPS) is 11.2. The zero-order valence-electron chi connectivity index (χ0n) is 9.14. The first-order valence-corrected chi connectivity index (χ1v) is 5.73. The number of hydrogen-bond donors (Lipinski definition) is 4. The predicted molar refractivity (Wildman–Crippen MR) is 72.7 cm³/mol. The Morgan fingerprint density at radius 1 is 1.06 bits per heavy atom. The van der Waals surface area contributed by atoms with Gasteiger partial charge in [0.25, 0.3) is 0 Å². The minimum Gasteiger partial charge on any atom is -0.506 e. The lowest BCUT2D eigenvalue weighted by atomic mass is 10.0. The van der Waals surface area contributed by atoms with Crippen molar-refractivity contribution in [3.05, 3.63) is 40.7 Å². The number of pyridine rings is 1. The standard InChI is InChI=1S/C13H9NO3S/c15-11-6-3-1-2-4-7(6)12(16)10-9(11)13(17)8(18)5-14-10/h1-5,15-16,18H,(H,14,17). The molecule has 5 heteroatoms. The predicted octanol–water partition coefficient (Wildman–Crippen LogP) is 2.38. The van der Waals surface area contributed by atoms with Gasteiger partial charge in [0.15, 0.2) is 0 Å². The summed E-state index contributed by atoms with van der Waals surface area (Å²) < 4.78 is 0. The summed E-state index contributed by atoms with van der Waals surface area (Å²) in [5.74, 6) is -0.195. The Balaban J connectivity index is 2.72. The third-order valence-corrected chi connectivity index (χ3v) is 3.31. The minimum atomic E-state index is -0.411. The molecule has 0 spiro atoms. The number of fused-ring (bicyclic) bond motifs is 2. The highest BCUT2D eigenvalue weighted by atomic mass is 32.1. The lowest BCUT2D eigenvalue weighted by Gasteiger charge is -2.09. The summed E-state index contributed by atoms with van der Waals surface area (Å²) in [6.07, 6.45) is 1.39. The van der Waals surface area contributed by atoms with Crippen molar-refractivity contribution >= 4 is 34.3 Å². The highest BCUT2D eigenvalue weighted by molar-refractivity contribution is 7.80. The molecule has 18 heavy (non-hydrogen) atoms. The quantitative estimate of drug-likeness (QED) is 0.284. The molecule has 0 aliphatic heterocycles. The van der Waals surface area contributed by atoms with Crippen LogP contribution in [0.5, 0.6) is 11.5 Å². The smallest absolute Gasteiger partial charge is 0.206 e. The first kappa shape index (κ1) is 11.0. The molecule has 0 bridgehead atoms. The third kappa shape index (κ3) is 1.31. The first-order chi connectivity index (χ1) is 8.61. The molecule has 1 heterocycles. The summed E-state index contributed by atoms with van der Waals surface area (Å²) in [7, 11) is 0. The highest BCUT2D eigenvalue weighted by Crippen LogP contribution is 2.38. The van der Waals surface area contributed by atoms with Crippen LogP contribution in [-0.4, -0.2) is 15.2 Å². The molecule has 3 rings (SSSR count). The molecule has 0 atom stereocenters. The molecule has 3 N–H and O–H groups in total. The number of aromatic nitrogens is 1. The second-order valence-electron chi connectivity index (χ2n) is 4.00. The number of aromatic amines is 1. The average Bonchev–Trinajstić information content (AvgIpc) is 2.39. The van der Waals surface area contributed by atoms with Gasteiger partial charge in [0.05, 0.1) is 15.8 Å². The van der Waals surface area contributed by atoms with Crippen LogP contribution < -0.4 is 5.43 Å². The van der Waals surface area contributed by atoms with E-state index in [2.05, 4.69) is 17.6 Å². The van der Waals surface area contributed by atoms with Crippen molar-refractivity contribution in [2.24, 2.45) is 0 Å². The maximum Gasteiger partial charge on any atom is 0.206 e. The monoisotopic (exact) mass is 259 g/mol. The van der Waals surface area contributed by atoms with Crippen molar-refractivity contribution in [3.63, 3.8) is 0 Å². The van der Waals surface area contributed by atoms with Crippen LogP contribution in [0.4, 0.5) is 0 Å². The van der Waals surface area contributed by atoms with Gasteiger partial charge in [-0.2, -0.15) is 0 Å². The van der Waals surface area contributed by atoms with E-state index >= 15 is 0 Å². The number of thiol groups is 1. The van der Waals surface area contributed by atoms with E-state index in [4.69, 9.17) is 0 Å². The second-order valence-corrected chi connectivity index (χ2v) is 4.48. The molecule has 0 aliphatic carbocycles. The average molecular weight is 259 g/mol. The van der Waals surface area contributed by atoms with Crippen molar-refractivity contribution in [1.29, 1.82) is 0 Å². The van der Waals surface area contributed by atoms with Crippen molar-refractivity contribution in [2.75, 3.05) is 0 Å². The summed E-state index contributed by atoms with van der Waals surface area (Å²) in [4.78, 5) is 14.9. The molecule has 0 saturated carbocycles. The van der Waals surface area contributed by atoms with Crippen molar-refractivity contribution < 1.29 is 10.2 Å². The Labute approximate surface area is 107 Å². The SMILES string of the molecule is O=c1c(S)c[nH]c2c(O)c3ccccc3c(O)c12. The number of benzene rings is 2. The largest absolute Gasteiger partial charge is 0.506 e. The molecule has 0 saturated heterocycles. The summed E-state index contributed by atoms with van der Waals surface area (Å²) in [5, 5.41) is 21.3. The molecule has 0 aliphatic rings. The van der Waals surface area contributed by atoms with E-state index in [0.717, 1.165) is 0 Å². The number of phenols is 2. The Kier molecular flexibility index (Phi) is 2.24. The molecular weight excluding hydrogens is 250 g/mol. The topological polar surface area (TPSA) is 73.3 Å². The Morgan fingerprint density at radius 3 is 2.33 bits per heavy atom. The Morgan fingerprint density at radius 2 is 1.67 bits per heavy atom. The van der Waals surface area contributed by atoms with Crippen LogP contribution in [0.15, 0.2) is 40.2 Å². The fourth-order valence-electron chi connectivity index (χ4n) is 2.10. The number of H-pyrrole nitrogens is 1. The van der Waals surface area contributed by atoms with E-state index < -0.39 is 5.43 Å². The van der Waals surface area contributed by atoms with Gasteiger partial charge in [-0.3, -0.25) is 4.79 Å². The van der Waals surface area contributed by atoms with E-state index in [1.807, 2.05) is 0 Å². The number of phenolic OH excluding ortho intramolecular Hbond substituents is 2. The second kappa shape index (κ2) is 3.68. The van der Waals surface area contributed by atoms with Crippen molar-refractivity contribution in [1.82, 2.24) is 4.98 Å². The van der Waals surface area contributed by atoms with E-state index in [1.54, 1.807) is 24.3 Å². The van der Waals surface area contributed by atoms with Gasteiger partial charge < -0.3 is 15.2 Å². The third-order valence-electron chi connectivity index (χ3n) is 2.97. The molecule has 0 unspecified atom stereocenters. The van der Waals surface area contributed by atoms with E-state index in [-0.39, 0.29) is 27.3 Å². The molecule has 90 valence electrons. The molecule has 1 aromatic heterocycles. The minimum absolute atomic E-state index is 0.0520. The molecule has 2 aromatic carbocycles. The molecule has 0 amide bonds. The van der Waals surface area contributed by atoms with Crippen molar-refractivity contribution in [2.45, 2.75) is 4.90 Å². The zero-order valence-corrected chi connectivity index (χ0v) is 10.0. The molecule has 3 aromatic rings. The lowest BCUT2D eigenvalue weighted by molar-refractivity contribution is 0.477. The molecule has 0 radical (unpaired) electrons. The first-order valence-electron chi connectivity index (χ1n) is 5.28. The van der Waals surface area contributed by atoms with Gasteiger partial charge in [-0.25, -0.2) is 0 Å².